The van der Waals surface area contributed by atoms with Crippen molar-refractivity contribution >= 4 is 11.9 Å². The van der Waals surface area contributed by atoms with E-state index in [0.29, 0.717) is 12.4 Å². The third kappa shape index (κ3) is 5.86. The van der Waals surface area contributed by atoms with Gasteiger partial charge in [-0.1, -0.05) is 24.3 Å². The Bertz CT molecular complexity index is 731. The summed E-state index contributed by atoms with van der Waals surface area (Å²) >= 11 is 0. The van der Waals surface area contributed by atoms with Crippen molar-refractivity contribution in [3.05, 3.63) is 65.5 Å². The Kier molecular flexibility index (Phi) is 7.11. The average Bonchev–Trinajstić information content (AvgIpc) is 2.66. The molecule has 0 spiro atoms. The number of ether oxygens (including phenoxy) is 3. The highest BCUT2D eigenvalue weighted by molar-refractivity contribution is 5.94. The van der Waals surface area contributed by atoms with Gasteiger partial charge < -0.3 is 14.2 Å². The Morgan fingerprint density at radius 2 is 1.46 bits per heavy atom. The van der Waals surface area contributed by atoms with Gasteiger partial charge in [-0.15, -0.1) is 0 Å². The first-order chi connectivity index (χ1) is 12.5. The van der Waals surface area contributed by atoms with Gasteiger partial charge in [0.2, 0.25) is 0 Å². The Morgan fingerprint density at radius 1 is 0.923 bits per heavy atom. The molecule has 1 unspecified atom stereocenters. The van der Waals surface area contributed by atoms with Gasteiger partial charge in [0.25, 0.3) is 0 Å². The van der Waals surface area contributed by atoms with Gasteiger partial charge in [0.05, 0.1) is 0 Å². The number of esters is 2. The molecule has 2 N–H and O–H groups in total. The molecule has 0 fully saturated rings. The molecule has 0 bridgehead atoms. The topological polar surface area (TPSA) is 87.9 Å². The smallest absolute Gasteiger partial charge is 0.321 e. The Labute approximate surface area is 150 Å². The van der Waals surface area contributed by atoms with Crippen molar-refractivity contribution in [1.82, 2.24) is 0 Å². The minimum Gasteiger partial charge on any atom is -0.489 e. The minimum atomic E-state index is -1.03. The molecule has 0 heterocycles. The van der Waals surface area contributed by atoms with Crippen molar-refractivity contribution in [1.29, 1.82) is 0 Å². The lowest BCUT2D eigenvalue weighted by Crippen LogP contribution is -2.27. The van der Waals surface area contributed by atoms with Crippen LogP contribution < -0.4 is 10.5 Å². The molecule has 2 aromatic carbocycles. The summed E-state index contributed by atoms with van der Waals surface area (Å²) in [6.45, 7) is 1.49. The fraction of sp³-hybridized carbons (Fsp3) is 0.263. The highest BCUT2D eigenvalue weighted by Gasteiger charge is 2.24. The van der Waals surface area contributed by atoms with Gasteiger partial charge in [-0.25, -0.2) is 4.39 Å². The van der Waals surface area contributed by atoms with E-state index in [4.69, 9.17) is 15.2 Å². The van der Waals surface area contributed by atoms with Crippen LogP contribution in [0.5, 0.6) is 5.75 Å². The maximum Gasteiger partial charge on any atom is 0.321 e. The zero-order chi connectivity index (χ0) is 18.9. The molecule has 138 valence electrons. The molecule has 2 rings (SSSR count). The summed E-state index contributed by atoms with van der Waals surface area (Å²) in [6.07, 6.45) is 0. The average molecular weight is 361 g/mol. The van der Waals surface area contributed by atoms with Crippen molar-refractivity contribution in [3.63, 3.8) is 0 Å². The first-order valence-corrected chi connectivity index (χ1v) is 7.99. The molecule has 0 aliphatic heterocycles. The van der Waals surface area contributed by atoms with E-state index in [-0.39, 0.29) is 19.2 Å². The molecule has 7 heteroatoms. The monoisotopic (exact) mass is 361 g/mol. The summed E-state index contributed by atoms with van der Waals surface area (Å²) < 4.78 is 28.0. The fourth-order valence-electron chi connectivity index (χ4n) is 2.01. The van der Waals surface area contributed by atoms with Crippen LogP contribution in [0.2, 0.25) is 0 Å². The number of carbonyl (C=O) groups excluding carboxylic acids is 2. The van der Waals surface area contributed by atoms with Gasteiger partial charge in [0, 0.05) is 0 Å². The molecule has 6 nitrogen and oxygen atoms in total. The number of hydrogen-bond acceptors (Lipinski definition) is 6. The molecule has 0 aromatic heterocycles. The maximum atomic E-state index is 12.8. The van der Waals surface area contributed by atoms with Gasteiger partial charge in [0.15, 0.2) is 5.92 Å². The molecule has 0 radical (unpaired) electrons. The molecular formula is C19H20FNO5. The second kappa shape index (κ2) is 9.53. The van der Waals surface area contributed by atoms with E-state index in [1.165, 1.54) is 19.1 Å². The third-order valence-corrected chi connectivity index (χ3v) is 3.56. The number of nitrogens with two attached hydrogens (primary N) is 1. The van der Waals surface area contributed by atoms with Crippen LogP contribution in [-0.4, -0.2) is 18.7 Å². The molecule has 0 saturated carbocycles. The zero-order valence-electron chi connectivity index (χ0n) is 14.3. The Balaban J connectivity index is 1.80. The van der Waals surface area contributed by atoms with Crippen molar-refractivity contribution < 1.29 is 28.2 Å². The van der Waals surface area contributed by atoms with Gasteiger partial charge in [0.1, 0.15) is 31.5 Å². The molecule has 26 heavy (non-hydrogen) atoms. The summed E-state index contributed by atoms with van der Waals surface area (Å²) in [7, 11) is 0. The second-order valence-electron chi connectivity index (χ2n) is 5.52. The standard InChI is InChI=1S/C19H20FNO5/c1-13(19(23)26-12-21)18(22)25-11-15-4-2-14(3-5-15)10-24-17-8-6-16(20)7-9-17/h2-9,13H,10-12,21H2,1H3. The first-order valence-electron chi connectivity index (χ1n) is 7.99. The maximum absolute atomic E-state index is 12.8. The van der Waals surface area contributed by atoms with E-state index in [9.17, 15) is 14.0 Å². The van der Waals surface area contributed by atoms with Crippen molar-refractivity contribution in [2.45, 2.75) is 20.1 Å². The van der Waals surface area contributed by atoms with Crippen LogP contribution in [0.15, 0.2) is 48.5 Å². The summed E-state index contributed by atoms with van der Waals surface area (Å²) in [5.41, 5.74) is 6.77. The predicted molar refractivity (Wildman–Crippen MR) is 91.3 cm³/mol. The second-order valence-corrected chi connectivity index (χ2v) is 5.52. The lowest BCUT2D eigenvalue weighted by molar-refractivity contribution is -0.161. The van der Waals surface area contributed by atoms with E-state index >= 15 is 0 Å². The van der Waals surface area contributed by atoms with Crippen LogP contribution in [0.25, 0.3) is 0 Å². The zero-order valence-corrected chi connectivity index (χ0v) is 14.3. The lowest BCUT2D eigenvalue weighted by Gasteiger charge is -2.11. The van der Waals surface area contributed by atoms with E-state index in [0.717, 1.165) is 11.1 Å². The van der Waals surface area contributed by atoms with Crippen LogP contribution in [0.3, 0.4) is 0 Å². The van der Waals surface area contributed by atoms with Crippen LogP contribution in [0.4, 0.5) is 4.39 Å². The highest BCUT2D eigenvalue weighted by Crippen LogP contribution is 2.14. The molecule has 0 aliphatic rings. The van der Waals surface area contributed by atoms with E-state index in [1.54, 1.807) is 24.3 Å². The molecular weight excluding hydrogens is 341 g/mol. The number of halogens is 1. The van der Waals surface area contributed by atoms with Crippen LogP contribution >= 0.6 is 0 Å². The molecule has 0 amide bonds. The fourth-order valence-corrected chi connectivity index (χ4v) is 2.01. The van der Waals surface area contributed by atoms with Crippen LogP contribution in [-0.2, 0) is 32.3 Å². The summed E-state index contributed by atoms with van der Waals surface area (Å²) in [5, 5.41) is 0. The number of rotatable bonds is 8. The lowest BCUT2D eigenvalue weighted by atomic mass is 10.1. The largest absolute Gasteiger partial charge is 0.489 e. The first kappa shape index (κ1) is 19.4. The van der Waals surface area contributed by atoms with Crippen molar-refractivity contribution in [3.8, 4) is 5.75 Å². The summed E-state index contributed by atoms with van der Waals surface area (Å²) in [6, 6.07) is 13.0. The van der Waals surface area contributed by atoms with E-state index < -0.39 is 17.9 Å². The molecule has 0 aliphatic carbocycles. The van der Waals surface area contributed by atoms with E-state index in [1.807, 2.05) is 12.1 Å². The van der Waals surface area contributed by atoms with Crippen LogP contribution in [0, 0.1) is 11.7 Å². The summed E-state index contributed by atoms with van der Waals surface area (Å²) in [4.78, 5) is 23.2. The molecule has 2 aromatic rings. The van der Waals surface area contributed by atoms with Crippen molar-refractivity contribution in [2.24, 2.45) is 11.7 Å². The van der Waals surface area contributed by atoms with Gasteiger partial charge >= 0.3 is 11.9 Å². The van der Waals surface area contributed by atoms with E-state index in [2.05, 4.69) is 4.74 Å². The number of carbonyl (C=O) groups is 2. The van der Waals surface area contributed by atoms with Gasteiger partial charge in [-0.05, 0) is 42.3 Å². The third-order valence-electron chi connectivity index (χ3n) is 3.56. The molecule has 1 atom stereocenters. The number of benzene rings is 2. The SMILES string of the molecule is CC(C(=O)OCN)C(=O)OCc1ccc(COc2ccc(F)cc2)cc1. The Morgan fingerprint density at radius 3 is 2.04 bits per heavy atom. The minimum absolute atomic E-state index is 0.0399. The van der Waals surface area contributed by atoms with Gasteiger partial charge in [-0.3, -0.25) is 15.3 Å². The number of hydrogen-bond donors (Lipinski definition) is 1. The van der Waals surface area contributed by atoms with Gasteiger partial charge in [-0.2, -0.15) is 0 Å². The normalized spacial score (nSPS) is 11.5. The predicted octanol–water partition coefficient (Wildman–Crippen LogP) is 2.54. The highest BCUT2D eigenvalue weighted by atomic mass is 19.1. The van der Waals surface area contributed by atoms with Crippen LogP contribution in [0.1, 0.15) is 18.1 Å². The molecule has 0 saturated heterocycles. The Hall–Kier alpha value is -2.93. The quantitative estimate of drug-likeness (QED) is 0.442. The van der Waals surface area contributed by atoms with Crippen molar-refractivity contribution in [2.75, 3.05) is 6.73 Å². The summed E-state index contributed by atoms with van der Waals surface area (Å²) in [5.74, 6) is -2.16.